The van der Waals surface area contributed by atoms with Crippen molar-refractivity contribution in [2.45, 2.75) is 19.3 Å². The lowest BCUT2D eigenvalue weighted by atomic mass is 10.2. The highest BCUT2D eigenvalue weighted by Crippen LogP contribution is 2.30. The van der Waals surface area contributed by atoms with Gasteiger partial charge in [0, 0.05) is 36.8 Å². The topological polar surface area (TPSA) is 70.7 Å². The molecular formula is C18H25N3O3. The van der Waals surface area contributed by atoms with Gasteiger partial charge >= 0.3 is 0 Å². The summed E-state index contributed by atoms with van der Waals surface area (Å²) >= 11 is 0. The second-order valence-electron chi connectivity index (χ2n) is 6.41. The van der Waals surface area contributed by atoms with Crippen molar-refractivity contribution in [2.24, 2.45) is 5.92 Å². The molecule has 1 saturated heterocycles. The molecule has 24 heavy (non-hydrogen) atoms. The minimum atomic E-state index is -0.0977. The van der Waals surface area contributed by atoms with E-state index in [1.807, 2.05) is 6.07 Å². The van der Waals surface area contributed by atoms with Crippen molar-refractivity contribution in [2.75, 3.05) is 44.7 Å². The third-order valence-corrected chi connectivity index (χ3v) is 4.38. The average molecular weight is 331 g/mol. The molecule has 2 fully saturated rings. The predicted molar refractivity (Wildman–Crippen MR) is 92.0 cm³/mol. The number of nitrogens with one attached hydrogen (secondary N) is 2. The molecule has 1 aromatic rings. The lowest BCUT2D eigenvalue weighted by molar-refractivity contribution is -0.117. The summed E-state index contributed by atoms with van der Waals surface area (Å²) in [5.41, 5.74) is 1.27. The monoisotopic (exact) mass is 331 g/mol. The Bertz CT molecular complexity index is 581. The molecule has 0 bridgehead atoms. The van der Waals surface area contributed by atoms with Crippen molar-refractivity contribution in [3.63, 3.8) is 0 Å². The van der Waals surface area contributed by atoms with Crippen molar-refractivity contribution < 1.29 is 14.3 Å². The van der Waals surface area contributed by atoms with Gasteiger partial charge in [-0.15, -0.1) is 0 Å². The molecule has 0 aromatic heterocycles. The third-order valence-electron chi connectivity index (χ3n) is 4.38. The van der Waals surface area contributed by atoms with Gasteiger partial charge < -0.3 is 15.4 Å². The third kappa shape index (κ3) is 5.04. The first-order valence-corrected chi connectivity index (χ1v) is 8.71. The molecule has 130 valence electrons. The molecule has 6 nitrogen and oxygen atoms in total. The minimum absolute atomic E-state index is 0.0538. The van der Waals surface area contributed by atoms with Gasteiger partial charge in [-0.3, -0.25) is 14.5 Å². The highest BCUT2D eigenvalue weighted by Gasteiger charge is 2.29. The SMILES string of the molecule is O=C(NCCCN1CCOCC1)c1cccc(NC(=O)C2CC2)c1. The van der Waals surface area contributed by atoms with Crippen LogP contribution in [0.2, 0.25) is 0 Å². The van der Waals surface area contributed by atoms with E-state index in [4.69, 9.17) is 4.74 Å². The lowest BCUT2D eigenvalue weighted by Crippen LogP contribution is -2.38. The van der Waals surface area contributed by atoms with E-state index in [2.05, 4.69) is 15.5 Å². The molecule has 1 aliphatic heterocycles. The molecule has 3 rings (SSSR count). The van der Waals surface area contributed by atoms with Crippen LogP contribution in [0.3, 0.4) is 0 Å². The molecule has 1 aliphatic carbocycles. The highest BCUT2D eigenvalue weighted by molar-refractivity contribution is 5.98. The summed E-state index contributed by atoms with van der Waals surface area (Å²) in [5.74, 6) is 0.111. The molecule has 1 aromatic carbocycles. The number of benzene rings is 1. The van der Waals surface area contributed by atoms with Crippen LogP contribution in [0.25, 0.3) is 0 Å². The van der Waals surface area contributed by atoms with Crippen molar-refractivity contribution >= 4 is 17.5 Å². The van der Waals surface area contributed by atoms with Crippen molar-refractivity contribution in [3.05, 3.63) is 29.8 Å². The molecule has 0 radical (unpaired) electrons. The predicted octanol–water partition coefficient (Wildman–Crippen LogP) is 1.49. The first-order chi connectivity index (χ1) is 11.7. The first kappa shape index (κ1) is 16.9. The standard InChI is InChI=1S/C18H25N3O3/c22-17(19-7-2-8-21-9-11-24-12-10-21)15-3-1-4-16(13-15)20-18(23)14-5-6-14/h1,3-4,13-14H,2,5-12H2,(H,19,22)(H,20,23). The number of ether oxygens (including phenoxy) is 1. The van der Waals surface area contributed by atoms with Crippen molar-refractivity contribution in [3.8, 4) is 0 Å². The number of carbonyl (C=O) groups is 2. The molecule has 1 saturated carbocycles. The number of hydrogen-bond acceptors (Lipinski definition) is 4. The van der Waals surface area contributed by atoms with Crippen LogP contribution in [0, 0.1) is 5.92 Å². The van der Waals surface area contributed by atoms with Crippen molar-refractivity contribution in [1.82, 2.24) is 10.2 Å². The van der Waals surface area contributed by atoms with Crippen LogP contribution < -0.4 is 10.6 Å². The Balaban J connectivity index is 1.41. The Morgan fingerprint density at radius 3 is 2.75 bits per heavy atom. The van der Waals surface area contributed by atoms with Gasteiger partial charge in [-0.1, -0.05) is 6.07 Å². The maximum absolute atomic E-state index is 12.2. The zero-order chi connectivity index (χ0) is 16.8. The van der Waals surface area contributed by atoms with Crippen LogP contribution in [0.15, 0.2) is 24.3 Å². The summed E-state index contributed by atoms with van der Waals surface area (Å²) in [6, 6.07) is 7.11. The van der Waals surface area contributed by atoms with E-state index in [1.54, 1.807) is 18.2 Å². The van der Waals surface area contributed by atoms with E-state index < -0.39 is 0 Å². The number of hydrogen-bond donors (Lipinski definition) is 2. The average Bonchev–Trinajstić information content (AvgIpc) is 3.45. The number of nitrogens with zero attached hydrogens (tertiary/aromatic N) is 1. The van der Waals surface area contributed by atoms with E-state index in [9.17, 15) is 9.59 Å². The number of morpholine rings is 1. The first-order valence-electron chi connectivity index (χ1n) is 8.71. The molecule has 0 atom stereocenters. The van der Waals surface area contributed by atoms with Crippen LogP contribution in [0.4, 0.5) is 5.69 Å². The van der Waals surface area contributed by atoms with Crippen LogP contribution >= 0.6 is 0 Å². The zero-order valence-electron chi connectivity index (χ0n) is 13.9. The van der Waals surface area contributed by atoms with Crippen LogP contribution in [-0.4, -0.2) is 56.1 Å². The van der Waals surface area contributed by atoms with Gasteiger partial charge in [-0.2, -0.15) is 0 Å². The number of amides is 2. The minimum Gasteiger partial charge on any atom is -0.379 e. The van der Waals surface area contributed by atoms with Crippen LogP contribution in [-0.2, 0) is 9.53 Å². The fraction of sp³-hybridized carbons (Fsp3) is 0.556. The Labute approximate surface area is 142 Å². The molecule has 6 heteroatoms. The Kier molecular flexibility index (Phi) is 5.82. The molecular weight excluding hydrogens is 306 g/mol. The van der Waals surface area contributed by atoms with E-state index in [0.717, 1.165) is 52.1 Å². The van der Waals surface area contributed by atoms with Gasteiger partial charge in [0.1, 0.15) is 0 Å². The highest BCUT2D eigenvalue weighted by atomic mass is 16.5. The summed E-state index contributed by atoms with van der Waals surface area (Å²) < 4.78 is 5.32. The number of carbonyl (C=O) groups excluding carboxylic acids is 2. The summed E-state index contributed by atoms with van der Waals surface area (Å²) in [5, 5.41) is 5.82. The molecule has 0 unspecified atom stereocenters. The Morgan fingerprint density at radius 2 is 2.00 bits per heavy atom. The van der Waals surface area contributed by atoms with E-state index >= 15 is 0 Å². The van der Waals surface area contributed by atoms with Gasteiger partial charge in [-0.25, -0.2) is 0 Å². The van der Waals surface area contributed by atoms with Crippen LogP contribution in [0.5, 0.6) is 0 Å². The number of rotatable bonds is 7. The second-order valence-corrected chi connectivity index (χ2v) is 6.41. The largest absolute Gasteiger partial charge is 0.379 e. The second kappa shape index (κ2) is 8.26. The summed E-state index contributed by atoms with van der Waals surface area (Å²) in [6.45, 7) is 5.15. The van der Waals surface area contributed by atoms with Crippen molar-refractivity contribution in [1.29, 1.82) is 0 Å². The van der Waals surface area contributed by atoms with Gasteiger partial charge in [0.25, 0.3) is 5.91 Å². The van der Waals surface area contributed by atoms with Crippen LogP contribution in [0.1, 0.15) is 29.6 Å². The Morgan fingerprint density at radius 1 is 1.21 bits per heavy atom. The molecule has 2 N–H and O–H groups in total. The fourth-order valence-electron chi connectivity index (χ4n) is 2.76. The van der Waals surface area contributed by atoms with E-state index in [0.29, 0.717) is 17.8 Å². The molecule has 2 aliphatic rings. The molecule has 2 amide bonds. The molecule has 0 spiro atoms. The normalized spacial score (nSPS) is 18.2. The maximum atomic E-state index is 12.2. The zero-order valence-corrected chi connectivity index (χ0v) is 13.9. The smallest absolute Gasteiger partial charge is 0.251 e. The van der Waals surface area contributed by atoms with E-state index in [-0.39, 0.29) is 17.7 Å². The quantitative estimate of drug-likeness (QED) is 0.743. The van der Waals surface area contributed by atoms with Gasteiger partial charge in [0.2, 0.25) is 5.91 Å². The summed E-state index contributed by atoms with van der Waals surface area (Å²) in [4.78, 5) is 26.4. The van der Waals surface area contributed by atoms with Gasteiger partial charge in [0.05, 0.1) is 13.2 Å². The fourth-order valence-corrected chi connectivity index (χ4v) is 2.76. The number of anilines is 1. The molecule has 1 heterocycles. The lowest BCUT2D eigenvalue weighted by Gasteiger charge is -2.26. The maximum Gasteiger partial charge on any atom is 0.251 e. The summed E-state index contributed by atoms with van der Waals surface area (Å²) in [7, 11) is 0. The van der Waals surface area contributed by atoms with Gasteiger partial charge in [0.15, 0.2) is 0 Å². The summed E-state index contributed by atoms with van der Waals surface area (Å²) in [6.07, 6.45) is 2.86. The Hall–Kier alpha value is -1.92. The van der Waals surface area contributed by atoms with Gasteiger partial charge in [-0.05, 0) is 44.0 Å². The van der Waals surface area contributed by atoms with E-state index in [1.165, 1.54) is 0 Å².